The second-order valence-electron chi connectivity index (χ2n) is 5.37. The Morgan fingerprint density at radius 3 is 2.67 bits per heavy atom. The van der Waals surface area contributed by atoms with Gasteiger partial charge in [0.05, 0.1) is 6.61 Å². The number of hydrogen-bond donors (Lipinski definition) is 3. The Morgan fingerprint density at radius 2 is 2.10 bits per heavy atom. The Hall–Kier alpha value is -1.59. The topological polar surface area (TPSA) is 64.6 Å². The number of likely N-dealkylation sites (N-methyl/N-ethyl adjacent to an activating group) is 1. The lowest BCUT2D eigenvalue weighted by Crippen LogP contribution is -2.36. The van der Waals surface area contributed by atoms with Crippen LogP contribution >= 0.6 is 0 Å². The van der Waals surface area contributed by atoms with Gasteiger partial charge in [0.25, 0.3) is 0 Å². The molecule has 2 rings (SSSR count). The summed E-state index contributed by atoms with van der Waals surface area (Å²) >= 11 is 0. The van der Waals surface area contributed by atoms with Crippen LogP contribution in [0, 0.1) is 0 Å². The minimum atomic E-state index is -0.270. The lowest BCUT2D eigenvalue weighted by atomic mass is 10.1. The summed E-state index contributed by atoms with van der Waals surface area (Å²) in [6.45, 7) is 5.04. The van der Waals surface area contributed by atoms with Gasteiger partial charge in [0.15, 0.2) is 0 Å². The largest absolute Gasteiger partial charge is 0.395 e. The van der Waals surface area contributed by atoms with Crippen LogP contribution in [-0.4, -0.2) is 37.3 Å². The maximum absolute atomic E-state index is 11.9. The second kappa shape index (κ2) is 6.91. The standard InChI is InChI=1S/C16H25N3O2/c1-4-11(5-2)19(8-9-20)12-6-7-13-14(10-12)18-16(21)15(13)17-3/h6-7,10-11,15,17,20H,4-5,8-9H2,1-3H3,(H,18,21). The van der Waals surface area contributed by atoms with Crippen LogP contribution in [0.3, 0.4) is 0 Å². The number of nitrogens with one attached hydrogen (secondary N) is 2. The van der Waals surface area contributed by atoms with E-state index < -0.39 is 0 Å². The van der Waals surface area contributed by atoms with Crippen LogP contribution in [0.15, 0.2) is 18.2 Å². The van der Waals surface area contributed by atoms with Crippen molar-refractivity contribution in [2.24, 2.45) is 0 Å². The minimum Gasteiger partial charge on any atom is -0.395 e. The van der Waals surface area contributed by atoms with Crippen molar-refractivity contribution in [3.63, 3.8) is 0 Å². The average Bonchev–Trinajstić information content (AvgIpc) is 2.81. The van der Waals surface area contributed by atoms with Gasteiger partial charge in [-0.1, -0.05) is 19.9 Å². The van der Waals surface area contributed by atoms with Crippen LogP contribution in [0.5, 0.6) is 0 Å². The quantitative estimate of drug-likeness (QED) is 0.718. The van der Waals surface area contributed by atoms with E-state index >= 15 is 0 Å². The van der Waals surface area contributed by atoms with Crippen molar-refractivity contribution in [1.82, 2.24) is 5.32 Å². The van der Waals surface area contributed by atoms with Gasteiger partial charge in [-0.3, -0.25) is 4.79 Å². The summed E-state index contributed by atoms with van der Waals surface area (Å²) in [5.74, 6) is -0.0131. The highest BCUT2D eigenvalue weighted by molar-refractivity contribution is 6.03. The first kappa shape index (κ1) is 15.8. The lowest BCUT2D eigenvalue weighted by Gasteiger charge is -2.32. The summed E-state index contributed by atoms with van der Waals surface area (Å²) in [5.41, 5.74) is 2.90. The molecule has 0 aliphatic carbocycles. The zero-order chi connectivity index (χ0) is 15.4. The smallest absolute Gasteiger partial charge is 0.246 e. The van der Waals surface area contributed by atoms with Gasteiger partial charge in [-0.05, 0) is 32.0 Å². The number of aliphatic hydroxyl groups excluding tert-OH is 1. The van der Waals surface area contributed by atoms with Crippen LogP contribution in [0.1, 0.15) is 38.3 Å². The number of benzene rings is 1. The third kappa shape index (κ3) is 3.04. The van der Waals surface area contributed by atoms with Crippen molar-refractivity contribution >= 4 is 17.3 Å². The highest BCUT2D eigenvalue weighted by Crippen LogP contribution is 2.34. The normalized spacial score (nSPS) is 17.0. The summed E-state index contributed by atoms with van der Waals surface area (Å²) < 4.78 is 0. The van der Waals surface area contributed by atoms with E-state index in [2.05, 4.69) is 29.4 Å². The van der Waals surface area contributed by atoms with E-state index in [-0.39, 0.29) is 18.6 Å². The summed E-state index contributed by atoms with van der Waals surface area (Å²) in [5, 5.41) is 15.3. The maximum atomic E-state index is 11.9. The van der Waals surface area contributed by atoms with Gasteiger partial charge in [0.1, 0.15) is 6.04 Å². The Kier molecular flexibility index (Phi) is 5.20. The van der Waals surface area contributed by atoms with Gasteiger partial charge in [0.2, 0.25) is 5.91 Å². The number of amides is 1. The molecule has 1 aliphatic rings. The number of hydrogen-bond acceptors (Lipinski definition) is 4. The van der Waals surface area contributed by atoms with Gasteiger partial charge < -0.3 is 20.6 Å². The summed E-state index contributed by atoms with van der Waals surface area (Å²) in [6, 6.07) is 6.17. The molecule has 0 bridgehead atoms. The van der Waals surface area contributed by atoms with Gasteiger partial charge in [-0.2, -0.15) is 0 Å². The summed E-state index contributed by atoms with van der Waals surface area (Å²) in [4.78, 5) is 14.1. The van der Waals surface area contributed by atoms with Gasteiger partial charge in [-0.15, -0.1) is 0 Å². The Morgan fingerprint density at radius 1 is 1.38 bits per heavy atom. The van der Waals surface area contributed by atoms with E-state index in [1.54, 1.807) is 7.05 Å². The number of rotatable bonds is 7. The van der Waals surface area contributed by atoms with Crippen LogP contribution in [0.25, 0.3) is 0 Å². The Balaban J connectivity index is 2.32. The molecule has 1 atom stereocenters. The van der Waals surface area contributed by atoms with Crippen molar-refractivity contribution in [2.75, 3.05) is 30.4 Å². The average molecular weight is 291 g/mol. The van der Waals surface area contributed by atoms with Crippen molar-refractivity contribution < 1.29 is 9.90 Å². The highest BCUT2D eigenvalue weighted by atomic mass is 16.3. The highest BCUT2D eigenvalue weighted by Gasteiger charge is 2.29. The maximum Gasteiger partial charge on any atom is 0.246 e. The molecule has 5 nitrogen and oxygen atoms in total. The Labute approximate surface area is 126 Å². The molecular weight excluding hydrogens is 266 g/mol. The van der Waals surface area contributed by atoms with Crippen molar-refractivity contribution in [1.29, 1.82) is 0 Å². The van der Waals surface area contributed by atoms with Crippen LogP contribution in [0.2, 0.25) is 0 Å². The molecule has 0 spiro atoms. The molecule has 1 heterocycles. The first-order chi connectivity index (χ1) is 10.2. The molecule has 0 radical (unpaired) electrons. The SMILES string of the molecule is CCC(CC)N(CCO)c1ccc2c(c1)NC(=O)C2NC. The molecular formula is C16H25N3O2. The van der Waals surface area contributed by atoms with Gasteiger partial charge in [-0.25, -0.2) is 0 Å². The van der Waals surface area contributed by atoms with Crippen molar-refractivity contribution in [3.8, 4) is 0 Å². The fourth-order valence-electron chi connectivity index (χ4n) is 3.08. The minimum absolute atomic E-state index is 0.0131. The number of anilines is 2. The van der Waals surface area contributed by atoms with E-state index in [9.17, 15) is 9.90 Å². The van der Waals surface area contributed by atoms with E-state index in [0.29, 0.717) is 12.6 Å². The monoisotopic (exact) mass is 291 g/mol. The molecule has 1 aliphatic heterocycles. The van der Waals surface area contributed by atoms with Crippen molar-refractivity contribution in [2.45, 2.75) is 38.8 Å². The molecule has 0 saturated heterocycles. The van der Waals surface area contributed by atoms with Crippen LogP contribution < -0.4 is 15.5 Å². The first-order valence-electron chi connectivity index (χ1n) is 7.65. The third-order valence-corrected chi connectivity index (χ3v) is 4.21. The summed E-state index contributed by atoms with van der Waals surface area (Å²) in [7, 11) is 1.79. The third-order valence-electron chi connectivity index (χ3n) is 4.21. The molecule has 0 saturated carbocycles. The molecule has 3 N–H and O–H groups in total. The van der Waals surface area contributed by atoms with Gasteiger partial charge >= 0.3 is 0 Å². The Bertz CT molecular complexity index is 500. The first-order valence-corrected chi connectivity index (χ1v) is 7.65. The zero-order valence-electron chi connectivity index (χ0n) is 13.0. The number of carbonyl (C=O) groups is 1. The fourth-order valence-corrected chi connectivity index (χ4v) is 3.08. The van der Waals surface area contributed by atoms with Crippen LogP contribution in [-0.2, 0) is 4.79 Å². The number of aliphatic hydroxyl groups is 1. The second-order valence-corrected chi connectivity index (χ2v) is 5.37. The van der Waals surface area contributed by atoms with E-state index in [0.717, 1.165) is 29.8 Å². The number of carbonyl (C=O) groups excluding carboxylic acids is 1. The van der Waals surface area contributed by atoms with Crippen LogP contribution in [0.4, 0.5) is 11.4 Å². The molecule has 1 aromatic carbocycles. The molecule has 0 aromatic heterocycles. The van der Waals surface area contributed by atoms with E-state index in [4.69, 9.17) is 0 Å². The predicted octanol–water partition coefficient (Wildman–Crippen LogP) is 1.89. The molecule has 0 fully saturated rings. The number of nitrogens with zero attached hydrogens (tertiary/aromatic N) is 1. The molecule has 1 aromatic rings. The van der Waals surface area contributed by atoms with Crippen molar-refractivity contribution in [3.05, 3.63) is 23.8 Å². The predicted molar refractivity (Wildman–Crippen MR) is 85.7 cm³/mol. The van der Waals surface area contributed by atoms with Gasteiger partial charge in [0, 0.05) is 29.5 Å². The van der Waals surface area contributed by atoms with E-state index in [1.165, 1.54) is 0 Å². The molecule has 1 unspecified atom stereocenters. The lowest BCUT2D eigenvalue weighted by molar-refractivity contribution is -0.117. The molecule has 1 amide bonds. The van der Waals surface area contributed by atoms with E-state index in [1.807, 2.05) is 18.2 Å². The number of fused-ring (bicyclic) bond motifs is 1. The molecule has 21 heavy (non-hydrogen) atoms. The molecule has 116 valence electrons. The fraction of sp³-hybridized carbons (Fsp3) is 0.562. The molecule has 5 heteroatoms. The summed E-state index contributed by atoms with van der Waals surface area (Å²) in [6.07, 6.45) is 2.05. The zero-order valence-corrected chi connectivity index (χ0v) is 13.0.